The highest BCUT2D eigenvalue weighted by Crippen LogP contribution is 2.14. The van der Waals surface area contributed by atoms with Crippen molar-refractivity contribution in [1.29, 1.82) is 0 Å². The van der Waals surface area contributed by atoms with Crippen molar-refractivity contribution in [1.82, 2.24) is 15.1 Å². The summed E-state index contributed by atoms with van der Waals surface area (Å²) in [4.78, 5) is 40.3. The highest BCUT2D eigenvalue weighted by Gasteiger charge is 2.24. The first kappa shape index (κ1) is 21.2. The van der Waals surface area contributed by atoms with E-state index >= 15 is 0 Å². The molecule has 0 bridgehead atoms. The molecule has 1 saturated heterocycles. The molecular weight excluding hydrogens is 368 g/mol. The quantitative estimate of drug-likeness (QED) is 0.782. The van der Waals surface area contributed by atoms with E-state index in [2.05, 4.69) is 5.32 Å². The number of nitrogens with two attached hydrogens (primary N) is 1. The van der Waals surface area contributed by atoms with Crippen molar-refractivity contribution in [3.63, 3.8) is 0 Å². The molecule has 27 heavy (non-hydrogen) atoms. The van der Waals surface area contributed by atoms with E-state index in [1.54, 1.807) is 34.1 Å². The molecule has 3 N–H and O–H groups in total. The van der Waals surface area contributed by atoms with Gasteiger partial charge >= 0.3 is 0 Å². The molecule has 8 heteroatoms. The number of hydrogen-bond donors (Lipinski definition) is 2. The molecule has 1 aliphatic heterocycles. The second kappa shape index (κ2) is 9.71. The number of carbonyl (C=O) groups excluding carboxylic acids is 3. The van der Waals surface area contributed by atoms with Gasteiger partial charge < -0.3 is 20.9 Å². The fraction of sp³-hybridized carbons (Fsp3) is 0.526. The average molecular weight is 395 g/mol. The van der Waals surface area contributed by atoms with Gasteiger partial charge in [-0.1, -0.05) is 31.5 Å². The Morgan fingerprint density at radius 2 is 1.81 bits per heavy atom. The van der Waals surface area contributed by atoms with Crippen LogP contribution in [0.25, 0.3) is 0 Å². The third-order valence-corrected chi connectivity index (χ3v) is 4.88. The Hall–Kier alpha value is -2.12. The predicted molar refractivity (Wildman–Crippen MR) is 104 cm³/mol. The van der Waals surface area contributed by atoms with Gasteiger partial charge in [-0.2, -0.15) is 0 Å². The van der Waals surface area contributed by atoms with Crippen LogP contribution in [0.15, 0.2) is 24.3 Å². The maximum atomic E-state index is 12.6. The fourth-order valence-electron chi connectivity index (χ4n) is 2.87. The minimum Gasteiger partial charge on any atom is -0.346 e. The first-order valence-corrected chi connectivity index (χ1v) is 9.53. The molecular formula is C19H27ClN4O3. The Morgan fingerprint density at radius 3 is 2.48 bits per heavy atom. The van der Waals surface area contributed by atoms with Crippen molar-refractivity contribution in [2.24, 2.45) is 11.7 Å². The van der Waals surface area contributed by atoms with Crippen molar-refractivity contribution >= 4 is 29.3 Å². The summed E-state index contributed by atoms with van der Waals surface area (Å²) in [5.74, 6) is -0.588. The molecule has 1 aliphatic rings. The molecule has 1 heterocycles. The molecule has 148 valence electrons. The summed E-state index contributed by atoms with van der Waals surface area (Å²) in [6.07, 6.45) is 0.678. The van der Waals surface area contributed by atoms with Crippen LogP contribution in [0.5, 0.6) is 0 Å². The summed E-state index contributed by atoms with van der Waals surface area (Å²) in [7, 11) is 0. The summed E-state index contributed by atoms with van der Waals surface area (Å²) >= 11 is 5.96. The highest BCUT2D eigenvalue weighted by molar-refractivity contribution is 6.30. The van der Waals surface area contributed by atoms with Crippen molar-refractivity contribution in [2.75, 3.05) is 32.7 Å². The summed E-state index contributed by atoms with van der Waals surface area (Å²) in [5, 5.41) is 3.11. The molecule has 3 amide bonds. The monoisotopic (exact) mass is 394 g/mol. The lowest BCUT2D eigenvalue weighted by atomic mass is 10.1. The van der Waals surface area contributed by atoms with Gasteiger partial charge in [0.15, 0.2) is 0 Å². The van der Waals surface area contributed by atoms with Gasteiger partial charge in [0, 0.05) is 36.8 Å². The fourth-order valence-corrected chi connectivity index (χ4v) is 3.06. The minimum atomic E-state index is -0.632. The van der Waals surface area contributed by atoms with E-state index in [1.807, 2.05) is 13.8 Å². The van der Waals surface area contributed by atoms with Crippen LogP contribution in [0.3, 0.4) is 0 Å². The Balaban J connectivity index is 1.87. The number of amides is 3. The Morgan fingerprint density at radius 1 is 1.15 bits per heavy atom. The summed E-state index contributed by atoms with van der Waals surface area (Å²) < 4.78 is 0. The van der Waals surface area contributed by atoms with E-state index < -0.39 is 6.04 Å². The molecule has 0 saturated carbocycles. The number of benzene rings is 1. The number of nitrogens with one attached hydrogen (secondary N) is 1. The normalized spacial score (nSPS) is 16.0. The standard InChI is InChI=1S/C19H27ClN4O3/c1-13(2)17(21)18(26)22-12-16(25)23-7-4-8-24(10-9-23)19(27)14-5-3-6-15(20)11-14/h3,5-6,11,13,17H,4,7-10,12,21H2,1-2H3,(H,22,26)/t17-/m0/s1. The van der Waals surface area contributed by atoms with Gasteiger partial charge in [-0.05, 0) is 30.5 Å². The minimum absolute atomic E-state index is 0.00403. The van der Waals surface area contributed by atoms with Gasteiger partial charge in [-0.15, -0.1) is 0 Å². The summed E-state index contributed by atoms with van der Waals surface area (Å²) in [6.45, 7) is 5.61. The van der Waals surface area contributed by atoms with Gasteiger partial charge in [-0.3, -0.25) is 14.4 Å². The van der Waals surface area contributed by atoms with Gasteiger partial charge in [-0.25, -0.2) is 0 Å². The topological polar surface area (TPSA) is 95.7 Å². The van der Waals surface area contributed by atoms with Gasteiger partial charge in [0.05, 0.1) is 12.6 Å². The maximum Gasteiger partial charge on any atom is 0.253 e. The number of carbonyl (C=O) groups is 3. The van der Waals surface area contributed by atoms with E-state index in [0.29, 0.717) is 43.2 Å². The molecule has 7 nitrogen and oxygen atoms in total. The molecule has 1 aromatic carbocycles. The zero-order valence-electron chi connectivity index (χ0n) is 15.8. The molecule has 0 aliphatic carbocycles. The number of hydrogen-bond acceptors (Lipinski definition) is 4. The zero-order chi connectivity index (χ0) is 20.0. The molecule has 0 radical (unpaired) electrons. The Kier molecular flexibility index (Phi) is 7.62. The highest BCUT2D eigenvalue weighted by atomic mass is 35.5. The lowest BCUT2D eigenvalue weighted by Crippen LogP contribution is -2.48. The van der Waals surface area contributed by atoms with Crippen LogP contribution in [0.1, 0.15) is 30.6 Å². The molecule has 1 atom stereocenters. The average Bonchev–Trinajstić information content (AvgIpc) is 2.90. The number of halogens is 1. The number of nitrogens with zero attached hydrogens (tertiary/aromatic N) is 2. The molecule has 1 fully saturated rings. The van der Waals surface area contributed by atoms with E-state index in [1.165, 1.54) is 0 Å². The van der Waals surface area contributed by atoms with Crippen LogP contribution >= 0.6 is 11.6 Å². The molecule has 2 rings (SSSR count). The zero-order valence-corrected chi connectivity index (χ0v) is 16.5. The van der Waals surface area contributed by atoms with Crippen molar-refractivity contribution < 1.29 is 14.4 Å². The van der Waals surface area contributed by atoms with Crippen LogP contribution < -0.4 is 11.1 Å². The molecule has 0 spiro atoms. The van der Waals surface area contributed by atoms with Crippen LogP contribution in [0.2, 0.25) is 5.02 Å². The van der Waals surface area contributed by atoms with Crippen LogP contribution in [0.4, 0.5) is 0 Å². The molecule has 0 aromatic heterocycles. The smallest absolute Gasteiger partial charge is 0.253 e. The van der Waals surface area contributed by atoms with Crippen LogP contribution in [-0.4, -0.2) is 66.3 Å². The summed E-state index contributed by atoms with van der Waals surface area (Å²) in [6, 6.07) is 6.21. The van der Waals surface area contributed by atoms with Crippen LogP contribution in [0, 0.1) is 5.92 Å². The maximum absolute atomic E-state index is 12.6. The van der Waals surface area contributed by atoms with E-state index in [9.17, 15) is 14.4 Å². The lowest BCUT2D eigenvalue weighted by Gasteiger charge is -2.23. The van der Waals surface area contributed by atoms with E-state index in [-0.39, 0.29) is 30.2 Å². The van der Waals surface area contributed by atoms with Gasteiger partial charge in [0.1, 0.15) is 0 Å². The lowest BCUT2D eigenvalue weighted by molar-refractivity contribution is -0.133. The van der Waals surface area contributed by atoms with Crippen LogP contribution in [-0.2, 0) is 9.59 Å². The van der Waals surface area contributed by atoms with E-state index in [4.69, 9.17) is 17.3 Å². The van der Waals surface area contributed by atoms with Gasteiger partial charge in [0.25, 0.3) is 5.91 Å². The van der Waals surface area contributed by atoms with Crippen molar-refractivity contribution in [2.45, 2.75) is 26.3 Å². The Bertz CT molecular complexity index is 695. The second-order valence-corrected chi connectivity index (χ2v) is 7.46. The second-order valence-electron chi connectivity index (χ2n) is 7.02. The first-order valence-electron chi connectivity index (χ1n) is 9.15. The predicted octanol–water partition coefficient (Wildman–Crippen LogP) is 1.11. The Labute approximate surface area is 164 Å². The molecule has 0 unspecified atom stereocenters. The largest absolute Gasteiger partial charge is 0.346 e. The van der Waals surface area contributed by atoms with Gasteiger partial charge in [0.2, 0.25) is 11.8 Å². The third kappa shape index (κ3) is 5.94. The van der Waals surface area contributed by atoms with E-state index in [0.717, 1.165) is 0 Å². The number of rotatable bonds is 5. The van der Waals surface area contributed by atoms with Crippen molar-refractivity contribution in [3.8, 4) is 0 Å². The third-order valence-electron chi connectivity index (χ3n) is 4.64. The SMILES string of the molecule is CC(C)[C@H](N)C(=O)NCC(=O)N1CCCN(C(=O)c2cccc(Cl)c2)CC1. The summed E-state index contributed by atoms with van der Waals surface area (Å²) in [5.41, 5.74) is 6.32. The molecule has 1 aromatic rings. The first-order chi connectivity index (χ1) is 12.8. The van der Waals surface area contributed by atoms with Crippen molar-refractivity contribution in [3.05, 3.63) is 34.9 Å².